The Labute approximate surface area is 162 Å². The maximum atomic E-state index is 12.9. The smallest absolute Gasteiger partial charge is 0.351 e. The third-order valence-electron chi connectivity index (χ3n) is 3.96. The maximum Gasteiger partial charge on any atom is 0.351 e. The van der Waals surface area contributed by atoms with E-state index in [0.29, 0.717) is 36.1 Å². The lowest BCUT2D eigenvalue weighted by molar-refractivity contribution is -0.135. The van der Waals surface area contributed by atoms with Gasteiger partial charge in [-0.3, -0.25) is 0 Å². The number of rotatable bonds is 6. The molecule has 148 valence electrons. The van der Waals surface area contributed by atoms with E-state index >= 15 is 0 Å². The predicted octanol–water partition coefficient (Wildman–Crippen LogP) is 2.37. The predicted molar refractivity (Wildman–Crippen MR) is 101 cm³/mol. The zero-order chi connectivity index (χ0) is 20.1. The average Bonchev–Trinajstić information content (AvgIpc) is 2.73. The molecule has 28 heavy (non-hydrogen) atoms. The van der Waals surface area contributed by atoms with Crippen LogP contribution in [0.15, 0.2) is 58.5 Å². The Balaban J connectivity index is 1.91. The van der Waals surface area contributed by atoms with Gasteiger partial charge in [0.25, 0.3) is 0 Å². The van der Waals surface area contributed by atoms with E-state index in [0.717, 1.165) is 13.3 Å². The van der Waals surface area contributed by atoms with Gasteiger partial charge in [0.2, 0.25) is 9.84 Å². The maximum absolute atomic E-state index is 12.9. The summed E-state index contributed by atoms with van der Waals surface area (Å²) in [5.74, 6) is 0.639. The van der Waals surface area contributed by atoms with Gasteiger partial charge in [-0.1, -0.05) is 0 Å². The third kappa shape index (κ3) is 4.04. The van der Waals surface area contributed by atoms with Crippen molar-refractivity contribution in [2.45, 2.75) is 4.90 Å². The minimum atomic E-state index is -4.11. The largest absolute Gasteiger partial charge is 0.497 e. The highest BCUT2D eigenvalue weighted by molar-refractivity contribution is 7.96. The van der Waals surface area contributed by atoms with Crippen LogP contribution in [0.3, 0.4) is 0 Å². The number of sulfone groups is 1. The number of fused-ring (bicyclic) bond motifs is 1. The van der Waals surface area contributed by atoms with E-state index in [1.54, 1.807) is 18.2 Å². The molecule has 0 aromatic heterocycles. The van der Waals surface area contributed by atoms with Gasteiger partial charge in [0.15, 0.2) is 16.4 Å². The van der Waals surface area contributed by atoms with Gasteiger partial charge < -0.3 is 24.3 Å². The van der Waals surface area contributed by atoms with Crippen LogP contribution in [0, 0.1) is 0 Å². The fourth-order valence-electron chi connectivity index (χ4n) is 2.51. The molecule has 2 aromatic rings. The van der Waals surface area contributed by atoms with Crippen LogP contribution in [0.2, 0.25) is 0 Å². The van der Waals surface area contributed by atoms with Gasteiger partial charge >= 0.3 is 5.97 Å². The monoisotopic (exact) mass is 405 g/mol. The zero-order valence-corrected chi connectivity index (χ0v) is 16.1. The Morgan fingerprint density at radius 1 is 1.04 bits per heavy atom. The molecule has 2 aromatic carbocycles. The molecule has 9 heteroatoms. The summed E-state index contributed by atoms with van der Waals surface area (Å²) in [7, 11) is -1.52. The topological polar surface area (TPSA) is 100 Å². The van der Waals surface area contributed by atoms with Crippen molar-refractivity contribution in [2.75, 3.05) is 32.8 Å². The molecule has 3 rings (SSSR count). The Morgan fingerprint density at radius 2 is 1.71 bits per heavy atom. The van der Waals surface area contributed by atoms with Crippen molar-refractivity contribution in [1.82, 2.24) is 0 Å². The zero-order valence-electron chi connectivity index (χ0n) is 15.3. The molecule has 1 heterocycles. The molecule has 0 fully saturated rings. The van der Waals surface area contributed by atoms with Crippen molar-refractivity contribution < 1.29 is 32.2 Å². The number of methoxy groups -OCH3 is 2. The summed E-state index contributed by atoms with van der Waals surface area (Å²) < 4.78 is 46.4. The van der Waals surface area contributed by atoms with E-state index in [1.165, 1.54) is 31.4 Å². The van der Waals surface area contributed by atoms with E-state index < -0.39 is 20.7 Å². The van der Waals surface area contributed by atoms with Gasteiger partial charge in [-0.15, -0.1) is 0 Å². The summed E-state index contributed by atoms with van der Waals surface area (Å²) >= 11 is 0. The van der Waals surface area contributed by atoms with Crippen molar-refractivity contribution in [3.05, 3.63) is 53.6 Å². The van der Waals surface area contributed by atoms with Crippen molar-refractivity contribution in [1.29, 1.82) is 0 Å². The fraction of sp³-hybridized carbons (Fsp3) is 0.211. The second-order valence-corrected chi connectivity index (χ2v) is 7.60. The summed E-state index contributed by atoms with van der Waals surface area (Å²) in [6.07, 6.45) is 1.09. The second kappa shape index (κ2) is 8.22. The van der Waals surface area contributed by atoms with Crippen LogP contribution in [0.1, 0.15) is 0 Å². The Bertz CT molecular complexity index is 997. The molecule has 0 saturated heterocycles. The molecule has 0 unspecified atom stereocenters. The lowest BCUT2D eigenvalue weighted by Gasteiger charge is -2.18. The van der Waals surface area contributed by atoms with E-state index in [9.17, 15) is 13.2 Å². The molecule has 8 nitrogen and oxygen atoms in total. The van der Waals surface area contributed by atoms with Gasteiger partial charge in [-0.25, -0.2) is 13.2 Å². The minimum Gasteiger partial charge on any atom is -0.497 e. The van der Waals surface area contributed by atoms with Crippen LogP contribution in [-0.4, -0.2) is 41.8 Å². The van der Waals surface area contributed by atoms with Crippen molar-refractivity contribution >= 4 is 21.5 Å². The Hall–Kier alpha value is -3.20. The highest BCUT2D eigenvalue weighted by atomic mass is 32.2. The molecule has 1 aliphatic heterocycles. The average molecular weight is 405 g/mol. The molecule has 0 atom stereocenters. The van der Waals surface area contributed by atoms with Crippen LogP contribution in [-0.2, 0) is 19.4 Å². The van der Waals surface area contributed by atoms with E-state index in [2.05, 4.69) is 10.1 Å². The van der Waals surface area contributed by atoms with Crippen molar-refractivity contribution in [2.24, 2.45) is 0 Å². The highest BCUT2D eigenvalue weighted by Gasteiger charge is 2.28. The van der Waals surface area contributed by atoms with Crippen LogP contribution in [0.25, 0.3) is 0 Å². The number of hydrogen-bond donors (Lipinski definition) is 1. The molecular weight excluding hydrogens is 386 g/mol. The third-order valence-corrected chi connectivity index (χ3v) is 5.71. The van der Waals surface area contributed by atoms with Crippen molar-refractivity contribution in [3.63, 3.8) is 0 Å². The number of carbonyl (C=O) groups excluding carboxylic acids is 1. The van der Waals surface area contributed by atoms with Crippen molar-refractivity contribution in [3.8, 4) is 17.2 Å². The number of anilines is 1. The first-order valence-corrected chi connectivity index (χ1v) is 9.78. The molecule has 0 spiro atoms. The van der Waals surface area contributed by atoms with E-state index in [4.69, 9.17) is 14.2 Å². The first-order valence-electron chi connectivity index (χ1n) is 8.29. The second-order valence-electron chi connectivity index (χ2n) is 5.68. The summed E-state index contributed by atoms with van der Waals surface area (Å²) in [5, 5.41) is 2.81. The van der Waals surface area contributed by atoms with Gasteiger partial charge in [-0.05, 0) is 36.4 Å². The Morgan fingerprint density at radius 3 is 2.36 bits per heavy atom. The van der Waals surface area contributed by atoms with E-state index in [1.807, 2.05) is 0 Å². The number of carbonyl (C=O) groups is 1. The summed E-state index contributed by atoms with van der Waals surface area (Å²) in [4.78, 5) is 11.5. The lowest BCUT2D eigenvalue weighted by atomic mass is 10.2. The van der Waals surface area contributed by atoms with E-state index in [-0.39, 0.29) is 4.90 Å². The molecule has 0 aliphatic carbocycles. The molecule has 0 radical (unpaired) electrons. The molecule has 0 bridgehead atoms. The molecule has 1 aliphatic rings. The van der Waals surface area contributed by atoms with Crippen LogP contribution in [0.4, 0.5) is 5.69 Å². The van der Waals surface area contributed by atoms with Crippen LogP contribution < -0.4 is 19.5 Å². The number of nitrogens with one attached hydrogen (secondary N) is 1. The lowest BCUT2D eigenvalue weighted by Crippen LogP contribution is -2.17. The SMILES string of the molecule is COC(=O)/C(=C\Nc1ccc2c(c1)OCCO2)S(=O)(=O)c1ccc(OC)cc1. The van der Waals surface area contributed by atoms with Gasteiger partial charge in [-0.2, -0.15) is 0 Å². The normalized spacial score (nSPS) is 13.6. The molecule has 1 N–H and O–H groups in total. The molecule has 0 saturated carbocycles. The highest BCUT2D eigenvalue weighted by Crippen LogP contribution is 2.33. The quantitative estimate of drug-likeness (QED) is 0.578. The van der Waals surface area contributed by atoms with Gasteiger partial charge in [0.05, 0.1) is 19.1 Å². The number of hydrogen-bond acceptors (Lipinski definition) is 8. The minimum absolute atomic E-state index is 0.0612. The van der Waals surface area contributed by atoms with Crippen LogP contribution >= 0.6 is 0 Å². The number of esters is 1. The summed E-state index contributed by atoms with van der Waals surface area (Å²) in [6.45, 7) is 0.887. The number of benzene rings is 2. The summed E-state index contributed by atoms with van der Waals surface area (Å²) in [5.41, 5.74) is 0.524. The molecule has 0 amide bonds. The Kier molecular flexibility index (Phi) is 5.74. The molecular formula is C19H19NO7S. The first-order chi connectivity index (χ1) is 13.5. The van der Waals surface area contributed by atoms with Gasteiger partial charge in [0.1, 0.15) is 19.0 Å². The standard InChI is InChI=1S/C19H19NO7S/c1-24-14-4-6-15(7-5-14)28(22,23)18(19(21)25-2)12-20-13-3-8-16-17(11-13)27-10-9-26-16/h3-8,11-12,20H,9-10H2,1-2H3/b18-12+. The number of ether oxygens (including phenoxy) is 4. The van der Waals surface area contributed by atoms with Crippen LogP contribution in [0.5, 0.6) is 17.2 Å². The fourth-order valence-corrected chi connectivity index (χ4v) is 3.78. The summed E-state index contributed by atoms with van der Waals surface area (Å²) in [6, 6.07) is 10.7. The van der Waals surface area contributed by atoms with Gasteiger partial charge in [0, 0.05) is 18.0 Å². The first kappa shape index (κ1) is 19.6.